The number of carbonyl (C=O) groups is 3. The Labute approximate surface area is 155 Å². The average molecular weight is 382 g/mol. The van der Waals surface area contributed by atoms with Crippen molar-refractivity contribution in [2.24, 2.45) is 0 Å². The van der Waals surface area contributed by atoms with Gasteiger partial charge in [-0.1, -0.05) is 29.3 Å². The van der Waals surface area contributed by atoms with E-state index in [1.165, 1.54) is 0 Å². The fourth-order valence-electron chi connectivity index (χ4n) is 3.15. The number of rotatable bonds is 2. The third-order valence-corrected chi connectivity index (χ3v) is 5.28. The molecule has 0 saturated carbocycles. The Bertz CT molecular complexity index is 763. The first-order valence-corrected chi connectivity index (χ1v) is 8.63. The van der Waals surface area contributed by atoms with Crippen molar-refractivity contribution in [1.29, 1.82) is 0 Å². The number of carbonyl (C=O) groups excluding carboxylic acids is 3. The predicted octanol–water partition coefficient (Wildman–Crippen LogP) is 2.60. The van der Waals surface area contributed by atoms with E-state index in [9.17, 15) is 14.4 Å². The van der Waals surface area contributed by atoms with Gasteiger partial charge in [0.15, 0.2) is 0 Å². The van der Waals surface area contributed by atoms with Crippen molar-refractivity contribution in [2.75, 3.05) is 13.1 Å². The molecule has 0 aliphatic carbocycles. The van der Waals surface area contributed by atoms with Crippen LogP contribution in [0.1, 0.15) is 25.3 Å². The molecule has 0 bridgehead atoms. The number of urea groups is 1. The van der Waals surface area contributed by atoms with E-state index in [4.69, 9.17) is 23.2 Å². The van der Waals surface area contributed by atoms with E-state index in [2.05, 4.69) is 10.6 Å². The lowest BCUT2D eigenvalue weighted by Crippen LogP contribution is -2.55. The molecule has 2 heterocycles. The van der Waals surface area contributed by atoms with Crippen LogP contribution in [0.4, 0.5) is 4.79 Å². The van der Waals surface area contributed by atoms with Gasteiger partial charge in [0.1, 0.15) is 5.54 Å². The van der Waals surface area contributed by atoms with Crippen LogP contribution in [-0.2, 0) is 9.59 Å². The van der Waals surface area contributed by atoms with Gasteiger partial charge >= 0.3 is 6.03 Å². The summed E-state index contributed by atoms with van der Waals surface area (Å²) in [4.78, 5) is 37.6. The fourth-order valence-corrected chi connectivity index (χ4v) is 3.65. The molecule has 1 aromatic carbocycles. The van der Waals surface area contributed by atoms with Crippen LogP contribution in [0.5, 0.6) is 0 Å². The minimum absolute atomic E-state index is 0.143. The Kier molecular flexibility index (Phi) is 4.75. The Balaban J connectivity index is 1.71. The second-order valence-corrected chi connectivity index (χ2v) is 7.06. The summed E-state index contributed by atoms with van der Waals surface area (Å²) in [5.41, 5.74) is 0.218. The zero-order valence-electron chi connectivity index (χ0n) is 13.6. The van der Waals surface area contributed by atoms with Gasteiger partial charge in [-0.2, -0.15) is 0 Å². The molecule has 6 nitrogen and oxygen atoms in total. The number of hydrogen-bond acceptors (Lipinski definition) is 3. The molecule has 3 rings (SSSR count). The summed E-state index contributed by atoms with van der Waals surface area (Å²) in [5, 5.41) is 5.88. The van der Waals surface area contributed by atoms with Crippen molar-refractivity contribution < 1.29 is 14.4 Å². The number of amides is 4. The maximum absolute atomic E-state index is 12.7. The van der Waals surface area contributed by atoms with Crippen LogP contribution in [0.3, 0.4) is 0 Å². The third-order valence-electron chi connectivity index (χ3n) is 4.62. The van der Waals surface area contributed by atoms with Crippen LogP contribution < -0.4 is 10.6 Å². The summed E-state index contributed by atoms with van der Waals surface area (Å²) >= 11 is 12.3. The first-order chi connectivity index (χ1) is 11.8. The van der Waals surface area contributed by atoms with Gasteiger partial charge in [0.25, 0.3) is 5.91 Å². The zero-order chi connectivity index (χ0) is 18.2. The molecule has 1 aromatic rings. The van der Waals surface area contributed by atoms with E-state index < -0.39 is 11.6 Å². The maximum atomic E-state index is 12.7. The molecule has 2 saturated heterocycles. The van der Waals surface area contributed by atoms with Crippen LogP contribution in [0, 0.1) is 0 Å². The lowest BCUT2D eigenvalue weighted by molar-refractivity contribution is -0.132. The molecule has 1 spiro atoms. The normalized spacial score (nSPS) is 19.8. The van der Waals surface area contributed by atoms with E-state index in [0.717, 1.165) is 0 Å². The SMILES string of the molecule is C/C(=C\c1c(Cl)cccc1Cl)C(=O)N1CCC2(CC1)NC(=O)NC2=O. The minimum Gasteiger partial charge on any atom is -0.339 e. The second-order valence-electron chi connectivity index (χ2n) is 6.25. The van der Waals surface area contributed by atoms with Gasteiger partial charge < -0.3 is 10.2 Å². The van der Waals surface area contributed by atoms with Crippen LogP contribution >= 0.6 is 23.2 Å². The highest BCUT2D eigenvalue weighted by Gasteiger charge is 2.48. The second kappa shape index (κ2) is 6.69. The van der Waals surface area contributed by atoms with E-state index in [1.807, 2.05) is 0 Å². The largest absolute Gasteiger partial charge is 0.339 e. The number of halogens is 2. The number of imide groups is 1. The fraction of sp³-hybridized carbons (Fsp3) is 0.353. The molecule has 2 aliphatic heterocycles. The van der Waals surface area contributed by atoms with Crippen LogP contribution in [0.25, 0.3) is 6.08 Å². The van der Waals surface area contributed by atoms with Gasteiger partial charge in [-0.15, -0.1) is 0 Å². The molecule has 0 atom stereocenters. The Morgan fingerprint density at radius 1 is 1.20 bits per heavy atom. The molecule has 0 radical (unpaired) electrons. The molecule has 0 unspecified atom stereocenters. The van der Waals surface area contributed by atoms with Gasteiger partial charge in [0.05, 0.1) is 0 Å². The summed E-state index contributed by atoms with van der Waals surface area (Å²) in [5.74, 6) is -0.463. The average Bonchev–Trinajstić information content (AvgIpc) is 2.84. The number of piperidine rings is 1. The quantitative estimate of drug-likeness (QED) is 0.610. The molecular formula is C17H17Cl2N3O3. The van der Waals surface area contributed by atoms with Gasteiger partial charge in [0, 0.05) is 34.3 Å². The van der Waals surface area contributed by atoms with Crippen LogP contribution in [0.15, 0.2) is 23.8 Å². The number of nitrogens with zero attached hydrogens (tertiary/aromatic N) is 1. The molecule has 25 heavy (non-hydrogen) atoms. The summed E-state index contributed by atoms with van der Waals surface area (Å²) in [6.45, 7) is 2.47. The number of hydrogen-bond donors (Lipinski definition) is 2. The Hall–Kier alpha value is -2.05. The van der Waals surface area contributed by atoms with Gasteiger partial charge in [-0.3, -0.25) is 14.9 Å². The predicted molar refractivity (Wildman–Crippen MR) is 95.3 cm³/mol. The highest BCUT2D eigenvalue weighted by molar-refractivity contribution is 6.37. The standard InChI is InChI=1S/C17H17Cl2N3O3/c1-10(9-11-12(18)3-2-4-13(11)19)14(23)22-7-5-17(6-8-22)15(24)20-16(25)21-17/h2-4,9H,5-8H2,1H3,(H2,20,21,24,25)/b10-9+. The number of nitrogens with one attached hydrogen (secondary N) is 2. The number of likely N-dealkylation sites (tertiary alicyclic amines) is 1. The van der Waals surface area contributed by atoms with Crippen molar-refractivity contribution in [3.05, 3.63) is 39.4 Å². The van der Waals surface area contributed by atoms with Crippen LogP contribution in [-0.4, -0.2) is 41.4 Å². The third kappa shape index (κ3) is 3.37. The summed E-state index contributed by atoms with van der Waals surface area (Å²) in [6.07, 6.45) is 2.44. The highest BCUT2D eigenvalue weighted by Crippen LogP contribution is 2.29. The van der Waals surface area contributed by atoms with Gasteiger partial charge in [0.2, 0.25) is 5.91 Å². The summed E-state index contributed by atoms with van der Waals surface area (Å²) < 4.78 is 0. The van der Waals surface area contributed by atoms with Crippen molar-refractivity contribution in [2.45, 2.75) is 25.3 Å². The Morgan fingerprint density at radius 2 is 1.80 bits per heavy atom. The van der Waals surface area contributed by atoms with Crippen LogP contribution in [0.2, 0.25) is 10.0 Å². The molecule has 2 fully saturated rings. The van der Waals surface area contributed by atoms with E-state index >= 15 is 0 Å². The lowest BCUT2D eigenvalue weighted by atomic mass is 9.87. The monoisotopic (exact) mass is 381 g/mol. The molecule has 8 heteroatoms. The van der Waals surface area contributed by atoms with Gasteiger partial charge in [-0.25, -0.2) is 4.79 Å². The zero-order valence-corrected chi connectivity index (χ0v) is 15.1. The van der Waals surface area contributed by atoms with E-state index in [-0.39, 0.29) is 11.8 Å². The summed E-state index contributed by atoms with van der Waals surface area (Å²) in [7, 11) is 0. The summed E-state index contributed by atoms with van der Waals surface area (Å²) in [6, 6.07) is 4.69. The first-order valence-electron chi connectivity index (χ1n) is 7.87. The molecule has 2 aliphatic rings. The van der Waals surface area contributed by atoms with Crippen molar-refractivity contribution >= 4 is 47.1 Å². The van der Waals surface area contributed by atoms with Crippen molar-refractivity contribution in [3.8, 4) is 0 Å². The van der Waals surface area contributed by atoms with Crippen molar-refractivity contribution in [1.82, 2.24) is 15.5 Å². The lowest BCUT2D eigenvalue weighted by Gasteiger charge is -2.37. The molecule has 0 aromatic heterocycles. The van der Waals surface area contributed by atoms with Crippen molar-refractivity contribution in [3.63, 3.8) is 0 Å². The maximum Gasteiger partial charge on any atom is 0.322 e. The highest BCUT2D eigenvalue weighted by atomic mass is 35.5. The molecular weight excluding hydrogens is 365 g/mol. The van der Waals surface area contributed by atoms with E-state index in [1.54, 1.807) is 36.1 Å². The number of benzene rings is 1. The first kappa shape index (κ1) is 17.8. The minimum atomic E-state index is -0.891. The molecule has 4 amide bonds. The van der Waals surface area contributed by atoms with E-state index in [0.29, 0.717) is 47.1 Å². The topological polar surface area (TPSA) is 78.5 Å². The molecule has 2 N–H and O–H groups in total. The Morgan fingerprint density at radius 3 is 2.32 bits per heavy atom. The van der Waals surface area contributed by atoms with Gasteiger partial charge in [-0.05, 0) is 38.0 Å². The smallest absolute Gasteiger partial charge is 0.322 e. The molecule has 132 valence electrons.